The van der Waals surface area contributed by atoms with Crippen molar-refractivity contribution in [3.63, 3.8) is 0 Å². The zero-order valence-corrected chi connectivity index (χ0v) is 14.8. The first kappa shape index (κ1) is 17.1. The maximum atomic E-state index is 14.5. The molecule has 0 bridgehead atoms. The van der Waals surface area contributed by atoms with Crippen LogP contribution in [0.15, 0.2) is 3.92 Å². The second-order valence-electron chi connectivity index (χ2n) is 5.79. The van der Waals surface area contributed by atoms with Gasteiger partial charge in [0.1, 0.15) is 16.0 Å². The number of nitrogens with zero attached hydrogens (tertiary/aromatic N) is 1. The van der Waals surface area contributed by atoms with Gasteiger partial charge in [-0.25, -0.2) is 14.2 Å². The number of fused-ring (bicyclic) bond motifs is 1. The van der Waals surface area contributed by atoms with Gasteiger partial charge in [-0.3, -0.25) is 0 Å². The molecule has 1 aromatic carbocycles. The summed E-state index contributed by atoms with van der Waals surface area (Å²) in [6, 6.07) is 0. The molecule has 0 spiro atoms. The van der Waals surface area contributed by atoms with Crippen LogP contribution in [0.1, 0.15) is 38.0 Å². The molecule has 2 aromatic rings. The van der Waals surface area contributed by atoms with E-state index in [-0.39, 0.29) is 27.1 Å². The number of ether oxygens (including phenoxy) is 1. The van der Waals surface area contributed by atoms with Gasteiger partial charge in [-0.1, -0.05) is 0 Å². The van der Waals surface area contributed by atoms with Crippen LogP contribution < -0.4 is 0 Å². The summed E-state index contributed by atoms with van der Waals surface area (Å²) >= 11 is 4.17. The first-order valence-electron chi connectivity index (χ1n) is 6.40. The number of thiazole rings is 1. The van der Waals surface area contributed by atoms with Gasteiger partial charge in [-0.15, -0.1) is 11.3 Å². The van der Waals surface area contributed by atoms with Crippen LogP contribution in [0.5, 0.6) is 5.75 Å². The van der Waals surface area contributed by atoms with E-state index in [1.165, 1.54) is 6.92 Å². The molecule has 0 unspecified atom stereocenters. The highest BCUT2D eigenvalue weighted by Crippen LogP contribution is 2.43. The van der Waals surface area contributed by atoms with Gasteiger partial charge in [0, 0.05) is 5.56 Å². The number of aromatic hydroxyl groups is 1. The third-order valence-corrected chi connectivity index (χ3v) is 4.48. The minimum Gasteiger partial charge on any atom is -0.506 e. The molecular weight excluding hydrogens is 377 g/mol. The Bertz CT molecular complexity index is 754. The van der Waals surface area contributed by atoms with Crippen molar-refractivity contribution in [1.29, 1.82) is 0 Å². The third-order valence-electron chi connectivity index (χ3n) is 2.97. The molecule has 1 heterocycles. The minimum atomic E-state index is -1.47. The molecule has 0 amide bonds. The molecule has 1 atom stereocenters. The van der Waals surface area contributed by atoms with Gasteiger partial charge >= 0.3 is 5.97 Å². The van der Waals surface area contributed by atoms with Crippen molar-refractivity contribution in [3.8, 4) is 5.75 Å². The monoisotopic (exact) mass is 391 g/mol. The summed E-state index contributed by atoms with van der Waals surface area (Å²) in [7, 11) is 0. The maximum Gasteiger partial charge on any atom is 0.337 e. The topological polar surface area (TPSA) is 79.7 Å². The van der Waals surface area contributed by atoms with Crippen molar-refractivity contribution in [1.82, 2.24) is 4.98 Å². The number of carbonyl (C=O) groups is 1. The predicted octanol–water partition coefficient (Wildman–Crippen LogP) is 4.15. The number of hydrogen-bond acceptors (Lipinski definition) is 5. The highest BCUT2D eigenvalue weighted by molar-refractivity contribution is 9.11. The summed E-state index contributed by atoms with van der Waals surface area (Å²) in [5.41, 5.74) is -0.833. The molecule has 0 radical (unpaired) electrons. The molecule has 1 aromatic heterocycles. The Morgan fingerprint density at radius 1 is 1.45 bits per heavy atom. The van der Waals surface area contributed by atoms with E-state index in [4.69, 9.17) is 4.74 Å². The Morgan fingerprint density at radius 3 is 2.55 bits per heavy atom. The lowest BCUT2D eigenvalue weighted by Gasteiger charge is -2.26. The number of aliphatic carboxylic acids is 1. The molecule has 0 aliphatic rings. The van der Waals surface area contributed by atoms with Crippen LogP contribution in [-0.2, 0) is 9.53 Å². The van der Waals surface area contributed by atoms with Gasteiger partial charge < -0.3 is 14.9 Å². The minimum absolute atomic E-state index is 0.00974. The van der Waals surface area contributed by atoms with Crippen LogP contribution in [0.25, 0.3) is 10.2 Å². The number of carboxylic acids is 1. The maximum absolute atomic E-state index is 14.5. The van der Waals surface area contributed by atoms with Crippen LogP contribution in [0.3, 0.4) is 0 Å². The number of phenols is 1. The number of benzene rings is 1. The smallest absolute Gasteiger partial charge is 0.337 e. The first-order chi connectivity index (χ1) is 10.0. The molecule has 120 valence electrons. The fraction of sp³-hybridized carbons (Fsp3) is 0.429. The first-order valence-corrected chi connectivity index (χ1v) is 8.01. The zero-order valence-electron chi connectivity index (χ0n) is 12.4. The molecule has 5 nitrogen and oxygen atoms in total. The Hall–Kier alpha value is -1.25. The second-order valence-corrected chi connectivity index (χ2v) is 8.07. The summed E-state index contributed by atoms with van der Waals surface area (Å²) in [6.45, 7) is 6.47. The highest BCUT2D eigenvalue weighted by atomic mass is 79.9. The highest BCUT2D eigenvalue weighted by Gasteiger charge is 2.33. The quantitative estimate of drug-likeness (QED) is 0.820. The van der Waals surface area contributed by atoms with E-state index >= 15 is 0 Å². The predicted molar refractivity (Wildman–Crippen MR) is 84.9 cm³/mol. The summed E-state index contributed by atoms with van der Waals surface area (Å²) in [6.07, 6.45) is -1.47. The van der Waals surface area contributed by atoms with Crippen LogP contribution >= 0.6 is 27.3 Å². The fourth-order valence-corrected chi connectivity index (χ4v) is 3.51. The van der Waals surface area contributed by atoms with Gasteiger partial charge in [0.15, 0.2) is 15.8 Å². The van der Waals surface area contributed by atoms with E-state index in [1.54, 1.807) is 20.8 Å². The molecule has 0 aliphatic carbocycles. The second kappa shape index (κ2) is 5.75. The number of hydrogen-bond donors (Lipinski definition) is 2. The van der Waals surface area contributed by atoms with Crippen LogP contribution in [0.4, 0.5) is 4.39 Å². The normalized spacial score (nSPS) is 13.5. The number of halogens is 2. The number of carboxylic acid groups (broad SMARTS) is 1. The van der Waals surface area contributed by atoms with Gasteiger partial charge in [-0.05, 0) is 49.2 Å². The lowest BCUT2D eigenvalue weighted by molar-refractivity contribution is -0.160. The van der Waals surface area contributed by atoms with Gasteiger partial charge in [0.25, 0.3) is 0 Å². The van der Waals surface area contributed by atoms with E-state index in [2.05, 4.69) is 20.9 Å². The Morgan fingerprint density at radius 2 is 2.05 bits per heavy atom. The van der Waals surface area contributed by atoms with E-state index in [9.17, 15) is 19.4 Å². The summed E-state index contributed by atoms with van der Waals surface area (Å²) in [4.78, 5) is 15.5. The number of aromatic nitrogens is 1. The Kier molecular flexibility index (Phi) is 4.47. The van der Waals surface area contributed by atoms with Crippen LogP contribution in [0, 0.1) is 12.7 Å². The van der Waals surface area contributed by atoms with E-state index in [0.717, 1.165) is 11.3 Å². The third kappa shape index (κ3) is 3.09. The van der Waals surface area contributed by atoms with Crippen LogP contribution in [0.2, 0.25) is 0 Å². The van der Waals surface area contributed by atoms with Crippen molar-refractivity contribution in [2.45, 2.75) is 39.4 Å². The van der Waals surface area contributed by atoms with E-state index in [1.807, 2.05) is 0 Å². The molecule has 0 saturated heterocycles. The SMILES string of the molecule is Cc1c([C@H](OC(C)(C)C)C(=O)O)c(O)c2sc(Br)nc2c1F. The van der Waals surface area contributed by atoms with Crippen molar-refractivity contribution < 1.29 is 24.1 Å². The Labute approximate surface area is 138 Å². The number of rotatable bonds is 3. The number of phenolic OH excluding ortho intramolecular Hbond substituents is 1. The molecular formula is C14H15BrFNO4S. The fourth-order valence-electron chi connectivity index (χ4n) is 2.11. The van der Waals surface area contributed by atoms with Crippen molar-refractivity contribution >= 4 is 43.5 Å². The van der Waals surface area contributed by atoms with Gasteiger partial charge in [0.2, 0.25) is 0 Å². The van der Waals surface area contributed by atoms with Gasteiger partial charge in [0.05, 0.1) is 5.60 Å². The Balaban J connectivity index is 2.74. The summed E-state index contributed by atoms with van der Waals surface area (Å²) in [5.74, 6) is -2.27. The molecule has 2 N–H and O–H groups in total. The lowest BCUT2D eigenvalue weighted by Crippen LogP contribution is -2.28. The molecule has 8 heteroatoms. The standard InChI is InChI=1S/C14H15BrFNO4S/c1-5-6(10(12(19)20)21-14(2,3)4)9(18)11-8(7(5)16)17-13(15)22-11/h10,18H,1-4H3,(H,19,20)/t10-/m0/s1. The summed E-state index contributed by atoms with van der Waals surface area (Å²) in [5, 5.41) is 19.9. The molecule has 2 rings (SSSR count). The van der Waals surface area contributed by atoms with Crippen molar-refractivity contribution in [2.24, 2.45) is 0 Å². The molecule has 0 aliphatic heterocycles. The van der Waals surface area contributed by atoms with Gasteiger partial charge in [-0.2, -0.15) is 0 Å². The van der Waals surface area contributed by atoms with Crippen LogP contribution in [-0.4, -0.2) is 26.8 Å². The van der Waals surface area contributed by atoms with E-state index < -0.39 is 23.5 Å². The largest absolute Gasteiger partial charge is 0.506 e. The average molecular weight is 392 g/mol. The lowest BCUT2D eigenvalue weighted by atomic mass is 9.99. The van der Waals surface area contributed by atoms with Crippen molar-refractivity contribution in [2.75, 3.05) is 0 Å². The zero-order chi connectivity index (χ0) is 16.8. The van der Waals surface area contributed by atoms with E-state index in [0.29, 0.717) is 3.92 Å². The molecule has 0 saturated carbocycles. The average Bonchev–Trinajstić information content (AvgIpc) is 2.76. The van der Waals surface area contributed by atoms with Crippen molar-refractivity contribution in [3.05, 3.63) is 20.9 Å². The molecule has 0 fully saturated rings. The summed E-state index contributed by atoms with van der Waals surface area (Å²) < 4.78 is 20.6. The molecule has 22 heavy (non-hydrogen) atoms.